The lowest BCUT2D eigenvalue weighted by Crippen LogP contribution is -2.52. The monoisotopic (exact) mass is 425 g/mol. The molecule has 10 nitrogen and oxygen atoms in total. The van der Waals surface area contributed by atoms with Crippen LogP contribution in [0.25, 0.3) is 0 Å². The van der Waals surface area contributed by atoms with Crippen LogP contribution in [0, 0.1) is 0 Å². The molecule has 2 aliphatic heterocycles. The highest BCUT2D eigenvalue weighted by molar-refractivity contribution is 6.21. The molecule has 2 aromatic carbocycles. The van der Waals surface area contributed by atoms with E-state index in [1.807, 2.05) is 6.07 Å². The quantitative estimate of drug-likeness (QED) is 0.475. The van der Waals surface area contributed by atoms with Crippen molar-refractivity contribution in [3.63, 3.8) is 0 Å². The second-order valence-corrected chi connectivity index (χ2v) is 6.80. The lowest BCUT2D eigenvalue weighted by molar-refractivity contribution is -0.171. The van der Waals surface area contributed by atoms with Gasteiger partial charge in [-0.15, -0.1) is 0 Å². The molecular weight excluding hydrogens is 406 g/mol. The molecule has 160 valence electrons. The van der Waals surface area contributed by atoms with Crippen molar-refractivity contribution in [2.45, 2.75) is 25.3 Å². The molecule has 0 bridgehead atoms. The van der Waals surface area contributed by atoms with E-state index in [-0.39, 0.29) is 35.5 Å². The predicted octanol–water partition coefficient (Wildman–Crippen LogP) is 1.01. The van der Waals surface area contributed by atoms with Crippen molar-refractivity contribution >= 4 is 29.6 Å². The molecule has 10 heteroatoms. The standard InChI is InChI=1S/C17H14N2O4.C4H5NO3/c20-15-12-8-4-5-9-13(12)16(21)19(15)18-14(17(22)23)10-11-6-2-1-3-7-11;6-3-1-2-4(7)5(3)8/h1-9,14,18H,10H2,(H,22,23);8H,1-2H2/t14-;/m0./s1. The Kier molecular flexibility index (Phi) is 6.53. The normalized spacial score (nSPS) is 16.2. The number of hydrazine groups is 1. The maximum Gasteiger partial charge on any atom is 0.322 e. The molecule has 2 aliphatic rings. The molecule has 0 spiro atoms. The number of carbonyl (C=O) groups excluding carboxylic acids is 4. The SMILES string of the molecule is O=C(O)[C@H](Cc1ccccc1)NN1C(=O)c2ccccc2C1=O.O=C1CCC(=O)N1O. The van der Waals surface area contributed by atoms with Gasteiger partial charge in [0.2, 0.25) is 0 Å². The highest BCUT2D eigenvalue weighted by Gasteiger charge is 2.37. The Morgan fingerprint density at radius 1 is 0.871 bits per heavy atom. The maximum absolute atomic E-state index is 12.3. The van der Waals surface area contributed by atoms with Crippen molar-refractivity contribution in [3.05, 3.63) is 71.3 Å². The van der Waals surface area contributed by atoms with Crippen LogP contribution < -0.4 is 5.43 Å². The van der Waals surface area contributed by atoms with Gasteiger partial charge < -0.3 is 5.11 Å². The van der Waals surface area contributed by atoms with E-state index in [1.165, 1.54) is 0 Å². The summed E-state index contributed by atoms with van der Waals surface area (Å²) in [4.78, 5) is 56.5. The molecule has 0 aliphatic carbocycles. The highest BCUT2D eigenvalue weighted by atomic mass is 16.5. The van der Waals surface area contributed by atoms with Crippen LogP contribution in [0.5, 0.6) is 0 Å². The van der Waals surface area contributed by atoms with Gasteiger partial charge in [0.15, 0.2) is 0 Å². The van der Waals surface area contributed by atoms with Crippen LogP contribution in [0.4, 0.5) is 0 Å². The van der Waals surface area contributed by atoms with Gasteiger partial charge in [-0.05, 0) is 17.7 Å². The average molecular weight is 425 g/mol. The number of fused-ring (bicyclic) bond motifs is 1. The number of hydroxylamine groups is 2. The van der Waals surface area contributed by atoms with Crippen molar-refractivity contribution in [2.24, 2.45) is 0 Å². The number of aliphatic carboxylic acids is 1. The first-order valence-corrected chi connectivity index (χ1v) is 9.35. The summed E-state index contributed by atoms with van der Waals surface area (Å²) < 4.78 is 0. The number of amides is 4. The summed E-state index contributed by atoms with van der Waals surface area (Å²) >= 11 is 0. The topological polar surface area (TPSA) is 144 Å². The van der Waals surface area contributed by atoms with Crippen molar-refractivity contribution < 1.29 is 34.3 Å². The number of carboxylic acids is 1. The number of rotatable bonds is 5. The van der Waals surface area contributed by atoms with Crippen molar-refractivity contribution in [2.75, 3.05) is 0 Å². The van der Waals surface area contributed by atoms with Crippen LogP contribution in [0.2, 0.25) is 0 Å². The lowest BCUT2D eigenvalue weighted by Gasteiger charge is -2.21. The molecule has 0 radical (unpaired) electrons. The largest absolute Gasteiger partial charge is 0.480 e. The lowest BCUT2D eigenvalue weighted by atomic mass is 10.1. The molecular formula is C21H19N3O7. The number of carbonyl (C=O) groups is 5. The fraction of sp³-hybridized carbons (Fsp3) is 0.190. The van der Waals surface area contributed by atoms with Crippen LogP contribution in [-0.2, 0) is 20.8 Å². The Bertz CT molecular complexity index is 987. The minimum atomic E-state index is -1.13. The number of carboxylic acid groups (broad SMARTS) is 1. The number of nitrogens with zero attached hydrogens (tertiary/aromatic N) is 2. The van der Waals surface area contributed by atoms with Gasteiger partial charge in [0.1, 0.15) is 6.04 Å². The molecule has 2 aromatic rings. The second kappa shape index (κ2) is 9.28. The van der Waals surface area contributed by atoms with E-state index in [0.29, 0.717) is 0 Å². The fourth-order valence-electron chi connectivity index (χ4n) is 3.07. The number of imide groups is 2. The minimum absolute atomic E-state index is 0.148. The van der Waals surface area contributed by atoms with Crippen molar-refractivity contribution in [1.82, 2.24) is 15.5 Å². The summed E-state index contributed by atoms with van der Waals surface area (Å²) in [6.45, 7) is 0. The molecule has 31 heavy (non-hydrogen) atoms. The summed E-state index contributed by atoms with van der Waals surface area (Å²) in [5, 5.41) is 18.7. The Labute approximate surface area is 176 Å². The van der Waals surface area contributed by atoms with Crippen LogP contribution in [-0.4, -0.2) is 56.0 Å². The van der Waals surface area contributed by atoms with Crippen molar-refractivity contribution in [1.29, 1.82) is 0 Å². The summed E-state index contributed by atoms with van der Waals surface area (Å²) in [7, 11) is 0. The molecule has 2 heterocycles. The molecule has 1 fully saturated rings. The smallest absolute Gasteiger partial charge is 0.322 e. The Morgan fingerprint density at radius 2 is 1.35 bits per heavy atom. The third kappa shape index (κ3) is 4.82. The Morgan fingerprint density at radius 3 is 1.77 bits per heavy atom. The predicted molar refractivity (Wildman–Crippen MR) is 105 cm³/mol. The highest BCUT2D eigenvalue weighted by Crippen LogP contribution is 2.21. The van der Waals surface area contributed by atoms with Crippen LogP contribution in [0.3, 0.4) is 0 Å². The van der Waals surface area contributed by atoms with E-state index in [1.54, 1.807) is 48.5 Å². The first kappa shape index (κ1) is 21.8. The molecule has 4 amide bonds. The number of hydrogen-bond acceptors (Lipinski definition) is 7. The van der Waals surface area contributed by atoms with Gasteiger partial charge >= 0.3 is 5.97 Å². The Balaban J connectivity index is 0.000000287. The maximum atomic E-state index is 12.3. The number of benzene rings is 2. The van der Waals surface area contributed by atoms with Gasteiger partial charge in [-0.2, -0.15) is 5.06 Å². The van der Waals surface area contributed by atoms with Gasteiger partial charge in [0, 0.05) is 19.3 Å². The molecule has 1 saturated heterocycles. The zero-order chi connectivity index (χ0) is 22.5. The van der Waals surface area contributed by atoms with E-state index in [4.69, 9.17) is 5.21 Å². The van der Waals surface area contributed by atoms with Gasteiger partial charge in [0.25, 0.3) is 23.6 Å². The molecule has 0 unspecified atom stereocenters. The zero-order valence-electron chi connectivity index (χ0n) is 16.2. The van der Waals surface area contributed by atoms with Gasteiger partial charge in [0.05, 0.1) is 11.1 Å². The summed E-state index contributed by atoms with van der Waals surface area (Å²) in [5.74, 6) is -3.22. The first-order chi connectivity index (χ1) is 14.8. The second-order valence-electron chi connectivity index (χ2n) is 6.80. The van der Waals surface area contributed by atoms with Crippen LogP contribution in [0.15, 0.2) is 54.6 Å². The van der Waals surface area contributed by atoms with Crippen LogP contribution in [0.1, 0.15) is 39.1 Å². The minimum Gasteiger partial charge on any atom is -0.480 e. The Hall–Kier alpha value is -3.89. The van der Waals surface area contributed by atoms with Gasteiger partial charge in [-0.1, -0.05) is 42.5 Å². The summed E-state index contributed by atoms with van der Waals surface area (Å²) in [6, 6.07) is 14.3. The van der Waals surface area contributed by atoms with E-state index in [9.17, 15) is 29.1 Å². The third-order valence-corrected chi connectivity index (χ3v) is 4.68. The summed E-state index contributed by atoms with van der Waals surface area (Å²) in [5.41, 5.74) is 3.88. The third-order valence-electron chi connectivity index (χ3n) is 4.68. The molecule has 0 saturated carbocycles. The van der Waals surface area contributed by atoms with E-state index in [2.05, 4.69) is 5.43 Å². The van der Waals surface area contributed by atoms with E-state index >= 15 is 0 Å². The van der Waals surface area contributed by atoms with Gasteiger partial charge in [-0.3, -0.25) is 29.2 Å². The number of nitrogens with one attached hydrogen (secondary N) is 1. The number of hydrogen-bond donors (Lipinski definition) is 3. The summed E-state index contributed by atoms with van der Waals surface area (Å²) in [6.07, 6.45) is 0.453. The average Bonchev–Trinajstić information content (AvgIpc) is 3.20. The molecule has 1 atom stereocenters. The molecule has 0 aromatic heterocycles. The molecule has 3 N–H and O–H groups in total. The zero-order valence-corrected chi connectivity index (χ0v) is 16.2. The van der Waals surface area contributed by atoms with Crippen molar-refractivity contribution in [3.8, 4) is 0 Å². The van der Waals surface area contributed by atoms with Gasteiger partial charge in [-0.25, -0.2) is 10.4 Å². The molecule has 4 rings (SSSR count). The van der Waals surface area contributed by atoms with Crippen LogP contribution >= 0.6 is 0 Å². The van der Waals surface area contributed by atoms with E-state index < -0.39 is 35.6 Å². The fourth-order valence-corrected chi connectivity index (χ4v) is 3.07. The first-order valence-electron chi connectivity index (χ1n) is 9.35. The van der Waals surface area contributed by atoms with E-state index in [0.717, 1.165) is 10.6 Å².